The second-order valence-corrected chi connectivity index (χ2v) is 7.34. The lowest BCUT2D eigenvalue weighted by Crippen LogP contribution is -2.58. The van der Waals surface area contributed by atoms with E-state index in [2.05, 4.69) is 10.5 Å². The van der Waals surface area contributed by atoms with Gasteiger partial charge in [0.15, 0.2) is 0 Å². The van der Waals surface area contributed by atoms with Crippen LogP contribution in [0.5, 0.6) is 0 Å². The van der Waals surface area contributed by atoms with E-state index in [9.17, 15) is 8.42 Å². The van der Waals surface area contributed by atoms with Gasteiger partial charge in [-0.1, -0.05) is 29.3 Å². The second-order valence-electron chi connectivity index (χ2n) is 5.41. The predicted molar refractivity (Wildman–Crippen MR) is 87.8 cm³/mol. The molecule has 1 saturated heterocycles. The second kappa shape index (κ2) is 6.45. The molecule has 2 heterocycles. The molecular formula is C15H16ClN3O3S. The Bertz CT molecular complexity index is 773. The van der Waals surface area contributed by atoms with Crippen LogP contribution in [0.25, 0.3) is 0 Å². The van der Waals surface area contributed by atoms with Crippen molar-refractivity contribution in [3.8, 4) is 0 Å². The molecule has 1 fully saturated rings. The molecule has 0 aliphatic carbocycles. The zero-order valence-corrected chi connectivity index (χ0v) is 14.0. The van der Waals surface area contributed by atoms with Crippen molar-refractivity contribution < 1.29 is 12.7 Å². The highest BCUT2D eigenvalue weighted by molar-refractivity contribution is 7.86. The largest absolute Gasteiger partial charge is 0.367 e. The zero-order chi connectivity index (χ0) is 16.4. The Kier molecular flexibility index (Phi) is 4.54. The van der Waals surface area contributed by atoms with Crippen molar-refractivity contribution in [1.29, 1.82) is 0 Å². The first-order valence-corrected chi connectivity index (χ1v) is 8.85. The number of rotatable bonds is 5. The number of aromatic nitrogens is 1. The van der Waals surface area contributed by atoms with Gasteiger partial charge in [0.2, 0.25) is 0 Å². The minimum Gasteiger partial charge on any atom is -0.367 e. The van der Waals surface area contributed by atoms with Gasteiger partial charge in [-0.15, -0.1) is 0 Å². The average Bonchev–Trinajstić information content (AvgIpc) is 2.48. The van der Waals surface area contributed by atoms with Crippen molar-refractivity contribution in [2.75, 3.05) is 18.0 Å². The van der Waals surface area contributed by atoms with Gasteiger partial charge in [0.25, 0.3) is 0 Å². The number of pyridine rings is 1. The van der Waals surface area contributed by atoms with Gasteiger partial charge >= 0.3 is 10.1 Å². The van der Waals surface area contributed by atoms with Gasteiger partial charge < -0.3 is 4.90 Å². The number of benzene rings is 1. The van der Waals surface area contributed by atoms with Gasteiger partial charge in [0.1, 0.15) is 5.15 Å². The van der Waals surface area contributed by atoms with Gasteiger partial charge in [0.05, 0.1) is 22.8 Å². The van der Waals surface area contributed by atoms with Crippen molar-refractivity contribution >= 4 is 27.4 Å². The SMILES string of the molecule is Cc1ccc(S(=O)(=O)ONC2CN(c3ccc(Cl)nc3)C2)cc1. The maximum Gasteiger partial charge on any atom is 0.312 e. The maximum atomic E-state index is 12.1. The third-order valence-electron chi connectivity index (χ3n) is 3.59. The fourth-order valence-electron chi connectivity index (χ4n) is 2.20. The molecule has 0 spiro atoms. The Morgan fingerprint density at radius 1 is 1.22 bits per heavy atom. The molecule has 122 valence electrons. The first-order valence-electron chi connectivity index (χ1n) is 7.06. The van der Waals surface area contributed by atoms with Crippen LogP contribution in [0.1, 0.15) is 5.56 Å². The number of nitrogens with zero attached hydrogens (tertiary/aromatic N) is 2. The summed E-state index contributed by atoms with van der Waals surface area (Å²) in [4.78, 5) is 6.19. The van der Waals surface area contributed by atoms with Crippen molar-refractivity contribution in [3.63, 3.8) is 0 Å². The molecule has 3 rings (SSSR count). The summed E-state index contributed by atoms with van der Waals surface area (Å²) in [6, 6.07) is 10.0. The van der Waals surface area contributed by atoms with Crippen molar-refractivity contribution in [3.05, 3.63) is 53.3 Å². The summed E-state index contributed by atoms with van der Waals surface area (Å²) in [6.07, 6.45) is 1.68. The highest BCUT2D eigenvalue weighted by Gasteiger charge is 2.29. The standard InChI is InChI=1S/C15H16ClN3O3S/c1-11-2-5-14(6-3-11)23(20,21)22-18-12-9-19(10-12)13-4-7-15(16)17-8-13/h2-8,12,18H,9-10H2,1H3. The predicted octanol–water partition coefficient (Wildman–Crippen LogP) is 2.14. The first kappa shape index (κ1) is 16.2. The van der Waals surface area contributed by atoms with E-state index in [4.69, 9.17) is 15.9 Å². The van der Waals surface area contributed by atoms with Gasteiger partial charge in [-0.25, -0.2) is 4.98 Å². The molecule has 0 unspecified atom stereocenters. The Hall–Kier alpha value is -1.67. The summed E-state index contributed by atoms with van der Waals surface area (Å²) in [5.74, 6) is 0. The molecule has 0 bridgehead atoms. The van der Waals surface area contributed by atoms with E-state index in [1.807, 2.05) is 17.9 Å². The van der Waals surface area contributed by atoms with Crippen LogP contribution in [-0.4, -0.2) is 32.5 Å². The maximum absolute atomic E-state index is 12.1. The minimum atomic E-state index is -3.80. The molecule has 0 atom stereocenters. The summed E-state index contributed by atoms with van der Waals surface area (Å²) in [7, 11) is -3.80. The van der Waals surface area contributed by atoms with Crippen LogP contribution in [0.15, 0.2) is 47.5 Å². The normalized spacial score (nSPS) is 15.5. The molecule has 1 N–H and O–H groups in total. The number of hydroxylamine groups is 1. The van der Waals surface area contributed by atoms with E-state index in [1.165, 1.54) is 12.1 Å². The minimum absolute atomic E-state index is 0.0640. The Labute approximate surface area is 140 Å². The topological polar surface area (TPSA) is 71.5 Å². The van der Waals surface area contributed by atoms with Crippen LogP contribution in [0.4, 0.5) is 5.69 Å². The molecule has 1 aliphatic heterocycles. The fraction of sp³-hybridized carbons (Fsp3) is 0.267. The lowest BCUT2D eigenvalue weighted by molar-refractivity contribution is 0.146. The summed E-state index contributed by atoms with van der Waals surface area (Å²) in [6.45, 7) is 3.16. The van der Waals surface area contributed by atoms with Crippen LogP contribution in [0, 0.1) is 6.92 Å². The van der Waals surface area contributed by atoms with E-state index in [0.29, 0.717) is 18.2 Å². The average molecular weight is 354 g/mol. The van der Waals surface area contributed by atoms with Gasteiger partial charge in [-0.2, -0.15) is 18.2 Å². The molecule has 23 heavy (non-hydrogen) atoms. The van der Waals surface area contributed by atoms with Crippen LogP contribution in [-0.2, 0) is 14.4 Å². The lowest BCUT2D eigenvalue weighted by Gasteiger charge is -2.40. The molecule has 0 amide bonds. The van der Waals surface area contributed by atoms with Crippen LogP contribution >= 0.6 is 11.6 Å². The molecule has 0 saturated carbocycles. The van der Waals surface area contributed by atoms with Crippen LogP contribution < -0.4 is 10.4 Å². The third kappa shape index (κ3) is 3.81. The van der Waals surface area contributed by atoms with Gasteiger partial charge in [0, 0.05) is 13.1 Å². The summed E-state index contributed by atoms with van der Waals surface area (Å²) >= 11 is 5.75. The summed E-state index contributed by atoms with van der Waals surface area (Å²) < 4.78 is 29.0. The molecule has 1 aliphatic rings. The number of anilines is 1. The Morgan fingerprint density at radius 3 is 2.52 bits per heavy atom. The molecular weight excluding hydrogens is 338 g/mol. The monoisotopic (exact) mass is 353 g/mol. The van der Waals surface area contributed by atoms with Crippen LogP contribution in [0.2, 0.25) is 5.15 Å². The quantitative estimate of drug-likeness (QED) is 0.656. The summed E-state index contributed by atoms with van der Waals surface area (Å²) in [5, 5.41) is 0.441. The molecule has 1 aromatic carbocycles. The summed E-state index contributed by atoms with van der Waals surface area (Å²) in [5.41, 5.74) is 4.54. The highest BCUT2D eigenvalue weighted by Crippen LogP contribution is 2.21. The fourth-order valence-corrected chi connectivity index (χ4v) is 3.14. The first-order chi connectivity index (χ1) is 10.9. The number of halogens is 1. The van der Waals surface area contributed by atoms with Crippen molar-refractivity contribution in [2.24, 2.45) is 0 Å². The van der Waals surface area contributed by atoms with Crippen LogP contribution in [0.3, 0.4) is 0 Å². The Balaban J connectivity index is 1.52. The van der Waals surface area contributed by atoms with Gasteiger partial charge in [-0.3, -0.25) is 0 Å². The Morgan fingerprint density at radius 2 is 1.91 bits per heavy atom. The van der Waals surface area contributed by atoms with Crippen molar-refractivity contribution in [1.82, 2.24) is 10.5 Å². The van der Waals surface area contributed by atoms with Crippen molar-refractivity contribution in [2.45, 2.75) is 17.9 Å². The molecule has 1 aromatic heterocycles. The lowest BCUT2D eigenvalue weighted by atomic mass is 10.1. The van der Waals surface area contributed by atoms with Gasteiger partial charge in [-0.05, 0) is 31.2 Å². The number of hydrogen-bond acceptors (Lipinski definition) is 6. The van der Waals surface area contributed by atoms with E-state index in [1.54, 1.807) is 24.4 Å². The smallest absolute Gasteiger partial charge is 0.312 e. The van der Waals surface area contributed by atoms with E-state index >= 15 is 0 Å². The molecule has 0 radical (unpaired) electrons. The molecule has 6 nitrogen and oxygen atoms in total. The highest BCUT2D eigenvalue weighted by atomic mass is 35.5. The zero-order valence-electron chi connectivity index (χ0n) is 12.4. The number of aryl methyl sites for hydroxylation is 1. The van der Waals surface area contributed by atoms with E-state index in [-0.39, 0.29) is 10.9 Å². The number of hydrogen-bond donors (Lipinski definition) is 1. The van der Waals surface area contributed by atoms with E-state index in [0.717, 1.165) is 11.3 Å². The van der Waals surface area contributed by atoms with E-state index < -0.39 is 10.1 Å². The molecule has 2 aromatic rings. The molecule has 8 heteroatoms. The third-order valence-corrected chi connectivity index (χ3v) is 4.98. The number of nitrogens with one attached hydrogen (secondary N) is 1.